The van der Waals surface area contributed by atoms with Crippen molar-refractivity contribution in [2.75, 3.05) is 20.2 Å². The van der Waals surface area contributed by atoms with E-state index in [2.05, 4.69) is 5.32 Å². The highest BCUT2D eigenvalue weighted by Crippen LogP contribution is 2.34. The molecule has 2 rings (SSSR count). The van der Waals surface area contributed by atoms with Gasteiger partial charge >= 0.3 is 0 Å². The molecule has 0 saturated carbocycles. The van der Waals surface area contributed by atoms with E-state index >= 15 is 0 Å². The first kappa shape index (κ1) is 17.8. The summed E-state index contributed by atoms with van der Waals surface area (Å²) in [5.41, 5.74) is 7.70. The Morgan fingerprint density at radius 1 is 1.33 bits per heavy atom. The van der Waals surface area contributed by atoms with Crippen LogP contribution in [0.2, 0.25) is 0 Å². The van der Waals surface area contributed by atoms with Crippen LogP contribution in [0.5, 0.6) is 5.75 Å². The van der Waals surface area contributed by atoms with Crippen LogP contribution in [0.25, 0.3) is 0 Å². The Kier molecular flexibility index (Phi) is 5.43. The Balaban J connectivity index is 2.25. The molecule has 2 amide bonds. The van der Waals surface area contributed by atoms with Gasteiger partial charge < -0.3 is 15.4 Å². The zero-order valence-corrected chi connectivity index (χ0v) is 14.3. The molecule has 7 heteroatoms. The van der Waals surface area contributed by atoms with Gasteiger partial charge in [0.05, 0.1) is 12.7 Å². The largest absolute Gasteiger partial charge is 0.496 e. The third-order valence-corrected chi connectivity index (χ3v) is 4.46. The van der Waals surface area contributed by atoms with Crippen molar-refractivity contribution >= 4 is 17.8 Å². The normalized spacial score (nSPS) is 15.0. The van der Waals surface area contributed by atoms with Gasteiger partial charge in [-0.15, -0.1) is 0 Å². The van der Waals surface area contributed by atoms with Crippen molar-refractivity contribution in [3.8, 4) is 5.75 Å². The summed E-state index contributed by atoms with van der Waals surface area (Å²) in [5, 5.41) is 9.46. The number of nitrogens with one attached hydrogen (secondary N) is 2. The van der Waals surface area contributed by atoms with E-state index < -0.39 is 11.9 Å². The molecule has 7 nitrogen and oxygen atoms in total. The lowest BCUT2D eigenvalue weighted by atomic mass is 9.85. The molecule has 130 valence electrons. The molecule has 1 aliphatic heterocycles. The number of ether oxygens (including phenoxy) is 1. The van der Waals surface area contributed by atoms with E-state index in [-0.39, 0.29) is 5.91 Å². The van der Waals surface area contributed by atoms with Gasteiger partial charge in [-0.05, 0) is 48.9 Å². The smallest absolute Gasteiger partial charge is 0.261 e. The van der Waals surface area contributed by atoms with Crippen molar-refractivity contribution < 1.29 is 14.3 Å². The second-order valence-corrected chi connectivity index (χ2v) is 6.06. The van der Waals surface area contributed by atoms with E-state index in [9.17, 15) is 9.59 Å². The number of rotatable bonds is 3. The molecule has 0 atom stereocenters. The van der Waals surface area contributed by atoms with Crippen LogP contribution in [0.15, 0.2) is 12.1 Å². The van der Waals surface area contributed by atoms with Crippen molar-refractivity contribution in [3.63, 3.8) is 0 Å². The van der Waals surface area contributed by atoms with E-state index in [0.29, 0.717) is 17.2 Å². The molecule has 0 aliphatic carbocycles. The minimum Gasteiger partial charge on any atom is -0.496 e. The lowest BCUT2D eigenvalue weighted by molar-refractivity contribution is -0.129. The van der Waals surface area contributed by atoms with E-state index in [1.54, 1.807) is 13.0 Å². The van der Waals surface area contributed by atoms with Crippen molar-refractivity contribution in [1.82, 2.24) is 10.2 Å². The molecule has 24 heavy (non-hydrogen) atoms. The summed E-state index contributed by atoms with van der Waals surface area (Å²) in [6, 6.07) is 3.66. The first-order chi connectivity index (χ1) is 11.3. The van der Waals surface area contributed by atoms with Gasteiger partial charge in [0.2, 0.25) is 5.91 Å². The van der Waals surface area contributed by atoms with Crippen LogP contribution in [-0.2, 0) is 4.79 Å². The number of methoxy groups -OCH3 is 1. The Bertz CT molecular complexity index is 664. The van der Waals surface area contributed by atoms with Crippen molar-refractivity contribution in [2.45, 2.75) is 32.6 Å². The molecule has 1 aromatic carbocycles. The molecule has 0 spiro atoms. The Morgan fingerprint density at radius 3 is 2.46 bits per heavy atom. The highest BCUT2D eigenvalue weighted by atomic mass is 16.5. The van der Waals surface area contributed by atoms with Crippen LogP contribution in [0.1, 0.15) is 47.2 Å². The summed E-state index contributed by atoms with van der Waals surface area (Å²) in [7, 11) is 1.51. The molecule has 0 unspecified atom stereocenters. The number of guanidine groups is 1. The zero-order chi connectivity index (χ0) is 17.9. The summed E-state index contributed by atoms with van der Waals surface area (Å²) in [6.07, 6.45) is 1.78. The Labute approximate surface area is 141 Å². The Morgan fingerprint density at radius 2 is 1.96 bits per heavy atom. The van der Waals surface area contributed by atoms with E-state index in [4.69, 9.17) is 15.9 Å². The first-order valence-electron chi connectivity index (χ1n) is 7.93. The van der Waals surface area contributed by atoms with Gasteiger partial charge in [0.25, 0.3) is 5.91 Å². The van der Waals surface area contributed by atoms with Gasteiger partial charge in [-0.1, -0.05) is 0 Å². The number of carbonyl (C=O) groups is 2. The minimum atomic E-state index is -0.458. The third-order valence-electron chi connectivity index (χ3n) is 4.46. The van der Waals surface area contributed by atoms with Crippen LogP contribution in [0.3, 0.4) is 0 Å². The fourth-order valence-corrected chi connectivity index (χ4v) is 3.18. The van der Waals surface area contributed by atoms with Gasteiger partial charge in [0.15, 0.2) is 5.96 Å². The average Bonchev–Trinajstić information content (AvgIpc) is 2.54. The number of aryl methyl sites for hydroxylation is 1. The number of likely N-dealkylation sites (tertiary alicyclic amines) is 1. The van der Waals surface area contributed by atoms with Gasteiger partial charge in [0, 0.05) is 20.0 Å². The molecule has 1 aliphatic rings. The van der Waals surface area contributed by atoms with Crippen molar-refractivity contribution in [2.24, 2.45) is 5.73 Å². The van der Waals surface area contributed by atoms with Gasteiger partial charge in [0.1, 0.15) is 5.75 Å². The fraction of sp³-hybridized carbons (Fsp3) is 0.471. The quantitative estimate of drug-likeness (QED) is 0.573. The number of hydrogen-bond acceptors (Lipinski definition) is 4. The predicted octanol–water partition coefficient (Wildman–Crippen LogP) is 1.35. The molecule has 0 aromatic heterocycles. The molecule has 0 bridgehead atoms. The van der Waals surface area contributed by atoms with E-state index in [0.717, 1.165) is 37.1 Å². The highest BCUT2D eigenvalue weighted by molar-refractivity contribution is 6.06. The van der Waals surface area contributed by atoms with Gasteiger partial charge in [-0.25, -0.2) is 0 Å². The first-order valence-corrected chi connectivity index (χ1v) is 7.93. The number of carbonyl (C=O) groups excluding carboxylic acids is 2. The van der Waals surface area contributed by atoms with Crippen LogP contribution >= 0.6 is 0 Å². The standard InChI is InChI=1S/C17H24N4O3/c1-10-8-14(16(23)20-17(18)19)15(24-3)9-13(10)12-4-6-21(7-5-12)11(2)22/h8-9,12H,4-7H2,1-3H3,(H4,18,19,20,23). The molecule has 1 fully saturated rings. The van der Waals surface area contributed by atoms with Crippen LogP contribution in [0.4, 0.5) is 0 Å². The molecule has 4 N–H and O–H groups in total. The highest BCUT2D eigenvalue weighted by Gasteiger charge is 2.25. The second kappa shape index (κ2) is 7.33. The topological polar surface area (TPSA) is 109 Å². The number of piperidine rings is 1. The van der Waals surface area contributed by atoms with Gasteiger partial charge in [-0.3, -0.25) is 20.3 Å². The summed E-state index contributed by atoms with van der Waals surface area (Å²) in [5.74, 6) is 0.0440. The lowest BCUT2D eigenvalue weighted by Gasteiger charge is -2.32. The predicted molar refractivity (Wildman–Crippen MR) is 91.3 cm³/mol. The molecular formula is C17H24N4O3. The molecule has 1 heterocycles. The van der Waals surface area contributed by atoms with E-state index in [1.165, 1.54) is 7.11 Å². The maximum absolute atomic E-state index is 12.1. The average molecular weight is 332 g/mol. The Hall–Kier alpha value is -2.57. The van der Waals surface area contributed by atoms with Crippen molar-refractivity contribution in [1.29, 1.82) is 5.41 Å². The molecule has 0 radical (unpaired) electrons. The van der Waals surface area contributed by atoms with Gasteiger partial charge in [-0.2, -0.15) is 0 Å². The molecule has 1 aromatic rings. The summed E-state index contributed by atoms with van der Waals surface area (Å²) in [4.78, 5) is 25.4. The monoisotopic (exact) mass is 332 g/mol. The number of nitrogens with zero attached hydrogens (tertiary/aromatic N) is 1. The number of hydrogen-bond donors (Lipinski definition) is 3. The number of benzene rings is 1. The lowest BCUT2D eigenvalue weighted by Crippen LogP contribution is -2.37. The SMILES string of the molecule is COc1cc(C2CCN(C(C)=O)CC2)c(C)cc1C(=O)NC(=N)N. The second-order valence-electron chi connectivity index (χ2n) is 6.06. The maximum atomic E-state index is 12.1. The fourth-order valence-electron chi connectivity index (χ4n) is 3.18. The summed E-state index contributed by atoms with van der Waals surface area (Å²) in [6.45, 7) is 5.04. The van der Waals surface area contributed by atoms with Crippen LogP contribution < -0.4 is 15.8 Å². The third kappa shape index (κ3) is 3.84. The summed E-state index contributed by atoms with van der Waals surface area (Å²) >= 11 is 0. The minimum absolute atomic E-state index is 0.110. The van der Waals surface area contributed by atoms with Crippen LogP contribution in [0, 0.1) is 12.3 Å². The van der Waals surface area contributed by atoms with Crippen LogP contribution in [-0.4, -0.2) is 42.9 Å². The van der Waals surface area contributed by atoms with Crippen molar-refractivity contribution in [3.05, 3.63) is 28.8 Å². The molecule has 1 saturated heterocycles. The zero-order valence-electron chi connectivity index (χ0n) is 14.3. The number of amides is 2. The summed E-state index contributed by atoms with van der Waals surface area (Å²) < 4.78 is 5.36. The molecular weight excluding hydrogens is 308 g/mol. The van der Waals surface area contributed by atoms with E-state index in [1.807, 2.05) is 17.9 Å². The maximum Gasteiger partial charge on any atom is 0.261 e. The number of nitrogens with two attached hydrogens (primary N) is 1.